The summed E-state index contributed by atoms with van der Waals surface area (Å²) in [6.07, 6.45) is -1.51. The van der Waals surface area contributed by atoms with Gasteiger partial charge in [0.25, 0.3) is 11.7 Å². The zero-order valence-corrected chi connectivity index (χ0v) is 11.5. The standard InChI is InChI=1S/C7H2ClF2I2NO/c8-6(14)3-4(12)2(11)1-13-5(3)7(9)10/h1,7H. The molecule has 14 heavy (non-hydrogen) atoms. The summed E-state index contributed by atoms with van der Waals surface area (Å²) in [6.45, 7) is 0. The Morgan fingerprint density at radius 1 is 1.50 bits per heavy atom. The number of pyridine rings is 1. The number of carbonyl (C=O) groups excluding carboxylic acids is 1. The molecule has 1 aromatic heterocycles. The van der Waals surface area contributed by atoms with Gasteiger partial charge in [0.15, 0.2) is 0 Å². The molecular formula is C7H2ClF2I2NO. The van der Waals surface area contributed by atoms with Crippen molar-refractivity contribution >= 4 is 62.0 Å². The SMILES string of the molecule is O=C(Cl)c1c(C(F)F)ncc(I)c1I. The van der Waals surface area contributed by atoms with E-state index in [-0.39, 0.29) is 5.56 Å². The third kappa shape index (κ3) is 2.51. The first-order chi connectivity index (χ1) is 6.45. The van der Waals surface area contributed by atoms with Crippen molar-refractivity contribution < 1.29 is 13.6 Å². The molecule has 1 rings (SSSR count). The van der Waals surface area contributed by atoms with Gasteiger partial charge in [-0.15, -0.1) is 0 Å². The van der Waals surface area contributed by atoms with Gasteiger partial charge in [-0.25, -0.2) is 8.78 Å². The highest BCUT2D eigenvalue weighted by molar-refractivity contribution is 14.1. The van der Waals surface area contributed by atoms with Crippen LogP contribution in [0.25, 0.3) is 0 Å². The molecule has 0 amide bonds. The predicted octanol–water partition coefficient (Wildman–Crippen LogP) is 3.61. The summed E-state index contributed by atoms with van der Waals surface area (Å²) < 4.78 is 25.9. The van der Waals surface area contributed by atoms with Crippen molar-refractivity contribution in [1.29, 1.82) is 0 Å². The fraction of sp³-hybridized carbons (Fsp3) is 0.143. The normalized spacial score (nSPS) is 10.7. The second-order valence-corrected chi connectivity index (χ2v) is 4.84. The van der Waals surface area contributed by atoms with Gasteiger partial charge in [-0.1, -0.05) is 0 Å². The van der Waals surface area contributed by atoms with Gasteiger partial charge in [-0.2, -0.15) is 0 Å². The third-order valence-corrected chi connectivity index (χ3v) is 4.56. The van der Waals surface area contributed by atoms with Crippen LogP contribution in [-0.4, -0.2) is 10.2 Å². The summed E-state index contributed by atoms with van der Waals surface area (Å²) >= 11 is 8.90. The Hall–Kier alpha value is 0.430. The summed E-state index contributed by atoms with van der Waals surface area (Å²) in [7, 11) is 0. The molecule has 0 aliphatic rings. The first kappa shape index (κ1) is 12.5. The van der Waals surface area contributed by atoms with E-state index < -0.39 is 17.4 Å². The van der Waals surface area contributed by atoms with Crippen molar-refractivity contribution in [2.75, 3.05) is 0 Å². The largest absolute Gasteiger partial charge is 0.281 e. The first-order valence-corrected chi connectivity index (χ1v) is 5.80. The lowest BCUT2D eigenvalue weighted by atomic mass is 10.2. The zero-order valence-electron chi connectivity index (χ0n) is 6.40. The predicted molar refractivity (Wildman–Crippen MR) is 64.8 cm³/mol. The highest BCUT2D eigenvalue weighted by atomic mass is 127. The number of halogens is 5. The van der Waals surface area contributed by atoms with Crippen molar-refractivity contribution in [3.05, 3.63) is 24.6 Å². The Morgan fingerprint density at radius 2 is 2.07 bits per heavy atom. The summed E-state index contributed by atoms with van der Waals surface area (Å²) in [5.74, 6) is 0. The van der Waals surface area contributed by atoms with Crippen LogP contribution in [0.4, 0.5) is 8.78 Å². The second-order valence-electron chi connectivity index (χ2n) is 2.25. The lowest BCUT2D eigenvalue weighted by Crippen LogP contribution is -2.06. The molecular weight excluding hydrogens is 441 g/mol. The number of rotatable bonds is 2. The average molecular weight is 443 g/mol. The lowest BCUT2D eigenvalue weighted by molar-refractivity contribution is 0.106. The van der Waals surface area contributed by atoms with Crippen molar-refractivity contribution in [1.82, 2.24) is 4.98 Å². The molecule has 0 N–H and O–H groups in total. The summed E-state index contributed by atoms with van der Waals surface area (Å²) in [5.41, 5.74) is -0.760. The molecule has 0 unspecified atom stereocenters. The van der Waals surface area contributed by atoms with Gasteiger partial charge in [-0.3, -0.25) is 9.78 Å². The molecule has 0 atom stereocenters. The highest BCUT2D eigenvalue weighted by Gasteiger charge is 2.22. The van der Waals surface area contributed by atoms with E-state index in [4.69, 9.17) is 11.6 Å². The van der Waals surface area contributed by atoms with Gasteiger partial charge in [0, 0.05) is 13.3 Å². The Kier molecular flexibility index (Phi) is 4.44. The van der Waals surface area contributed by atoms with Crippen LogP contribution in [0.3, 0.4) is 0 Å². The number of carbonyl (C=O) groups is 1. The van der Waals surface area contributed by atoms with Crippen molar-refractivity contribution in [3.8, 4) is 0 Å². The molecule has 2 nitrogen and oxygen atoms in total. The minimum atomic E-state index is -2.79. The van der Waals surface area contributed by atoms with Gasteiger partial charge >= 0.3 is 0 Å². The molecule has 0 aromatic carbocycles. The molecule has 0 radical (unpaired) electrons. The van der Waals surface area contributed by atoms with Crippen LogP contribution in [-0.2, 0) is 0 Å². The van der Waals surface area contributed by atoms with E-state index in [9.17, 15) is 13.6 Å². The number of nitrogens with zero attached hydrogens (tertiary/aromatic N) is 1. The van der Waals surface area contributed by atoms with Gasteiger partial charge in [0.05, 0.1) is 5.56 Å². The highest BCUT2D eigenvalue weighted by Crippen LogP contribution is 2.28. The fourth-order valence-electron chi connectivity index (χ4n) is 0.832. The van der Waals surface area contributed by atoms with Gasteiger partial charge in [0.2, 0.25) is 0 Å². The van der Waals surface area contributed by atoms with E-state index in [1.54, 1.807) is 22.6 Å². The van der Waals surface area contributed by atoms with E-state index in [1.165, 1.54) is 6.20 Å². The maximum Gasteiger partial charge on any atom is 0.281 e. The number of alkyl halides is 2. The molecule has 76 valence electrons. The lowest BCUT2D eigenvalue weighted by Gasteiger charge is -2.07. The monoisotopic (exact) mass is 443 g/mol. The molecule has 0 saturated carbocycles. The fourth-order valence-corrected chi connectivity index (χ4v) is 2.25. The molecule has 0 saturated heterocycles. The maximum atomic E-state index is 12.4. The van der Waals surface area contributed by atoms with Crippen LogP contribution < -0.4 is 0 Å². The van der Waals surface area contributed by atoms with Crippen LogP contribution >= 0.6 is 56.8 Å². The third-order valence-electron chi connectivity index (χ3n) is 1.41. The topological polar surface area (TPSA) is 30.0 Å². The minimum absolute atomic E-state index is 0.200. The summed E-state index contributed by atoms with van der Waals surface area (Å²) in [4.78, 5) is 14.4. The Morgan fingerprint density at radius 3 is 2.50 bits per heavy atom. The molecule has 0 bridgehead atoms. The van der Waals surface area contributed by atoms with Gasteiger partial charge in [-0.05, 0) is 56.8 Å². The van der Waals surface area contributed by atoms with E-state index in [0.29, 0.717) is 7.14 Å². The number of aromatic nitrogens is 1. The van der Waals surface area contributed by atoms with Crippen molar-refractivity contribution in [2.24, 2.45) is 0 Å². The van der Waals surface area contributed by atoms with Crippen molar-refractivity contribution in [2.45, 2.75) is 6.43 Å². The van der Waals surface area contributed by atoms with Crippen LogP contribution in [0.1, 0.15) is 22.5 Å². The molecule has 0 aliphatic carbocycles. The van der Waals surface area contributed by atoms with Crippen LogP contribution in [0.2, 0.25) is 0 Å². The Bertz CT molecular complexity index is 386. The average Bonchev–Trinajstić information content (AvgIpc) is 2.08. The maximum absolute atomic E-state index is 12.4. The van der Waals surface area contributed by atoms with Crippen LogP contribution in [0.15, 0.2) is 6.20 Å². The zero-order chi connectivity index (χ0) is 10.9. The van der Waals surface area contributed by atoms with Gasteiger partial charge in [0.1, 0.15) is 5.69 Å². The quantitative estimate of drug-likeness (QED) is 0.517. The van der Waals surface area contributed by atoms with E-state index >= 15 is 0 Å². The minimum Gasteiger partial charge on any atom is -0.275 e. The van der Waals surface area contributed by atoms with E-state index in [2.05, 4.69) is 4.98 Å². The smallest absolute Gasteiger partial charge is 0.275 e. The molecule has 1 aromatic rings. The molecule has 0 fully saturated rings. The van der Waals surface area contributed by atoms with Crippen LogP contribution in [0.5, 0.6) is 0 Å². The summed E-state index contributed by atoms with van der Waals surface area (Å²) in [5, 5.41) is -0.907. The second kappa shape index (κ2) is 4.97. The molecule has 0 spiro atoms. The van der Waals surface area contributed by atoms with Crippen LogP contribution in [0, 0.1) is 7.14 Å². The Labute approximate surface area is 111 Å². The molecule has 1 heterocycles. The van der Waals surface area contributed by atoms with E-state index in [1.807, 2.05) is 22.6 Å². The number of hydrogen-bond acceptors (Lipinski definition) is 2. The van der Waals surface area contributed by atoms with E-state index in [0.717, 1.165) is 0 Å². The van der Waals surface area contributed by atoms with Gasteiger partial charge < -0.3 is 0 Å². The van der Waals surface area contributed by atoms with Crippen molar-refractivity contribution in [3.63, 3.8) is 0 Å². The number of hydrogen-bond donors (Lipinski definition) is 0. The Balaban J connectivity index is 3.45. The summed E-state index contributed by atoms with van der Waals surface area (Å²) in [6, 6.07) is 0. The first-order valence-electron chi connectivity index (χ1n) is 3.27. The molecule has 7 heteroatoms. The molecule has 0 aliphatic heterocycles.